The zero-order valence-electron chi connectivity index (χ0n) is 10.4. The molecular weight excluding hydrogens is 238 g/mol. The van der Waals surface area contributed by atoms with Crippen LogP contribution < -0.4 is 5.73 Å². The van der Waals surface area contributed by atoms with Gasteiger partial charge < -0.3 is 14.9 Å². The largest absolute Gasteiger partial charge is 0.465 e. The average molecular weight is 257 g/mol. The third-order valence-electron chi connectivity index (χ3n) is 2.21. The Morgan fingerprint density at radius 1 is 1.59 bits per heavy atom. The maximum absolute atomic E-state index is 11.3. The number of thioether (sulfide) groups is 1. The second-order valence-electron chi connectivity index (χ2n) is 3.84. The van der Waals surface area contributed by atoms with Gasteiger partial charge in [0.05, 0.1) is 17.6 Å². The number of hydrogen-bond donors (Lipinski definition) is 1. The minimum atomic E-state index is -0.216. The lowest BCUT2D eigenvalue weighted by molar-refractivity contribution is -0.139. The van der Waals surface area contributed by atoms with Crippen LogP contribution in [0.5, 0.6) is 0 Å². The summed E-state index contributed by atoms with van der Waals surface area (Å²) >= 11 is 1.45. The molecule has 0 amide bonds. The van der Waals surface area contributed by atoms with Crippen LogP contribution in [-0.4, -0.2) is 24.4 Å². The van der Waals surface area contributed by atoms with Gasteiger partial charge in [0.25, 0.3) is 0 Å². The number of esters is 1. The van der Waals surface area contributed by atoms with Gasteiger partial charge in [0.2, 0.25) is 0 Å². The maximum Gasteiger partial charge on any atom is 0.315 e. The molecule has 0 bridgehead atoms. The molecule has 0 radical (unpaired) electrons. The van der Waals surface area contributed by atoms with Gasteiger partial charge in [0, 0.05) is 6.04 Å². The summed E-state index contributed by atoms with van der Waals surface area (Å²) in [6.07, 6.45) is 0. The molecule has 1 heterocycles. The van der Waals surface area contributed by atoms with Crippen molar-refractivity contribution < 1.29 is 13.9 Å². The van der Waals surface area contributed by atoms with Crippen LogP contribution in [-0.2, 0) is 9.53 Å². The fourth-order valence-electron chi connectivity index (χ4n) is 1.46. The van der Waals surface area contributed by atoms with Crippen LogP contribution in [0, 0.1) is 6.92 Å². The van der Waals surface area contributed by atoms with E-state index in [-0.39, 0.29) is 17.3 Å². The van der Waals surface area contributed by atoms with Crippen molar-refractivity contribution in [3.05, 3.63) is 23.7 Å². The van der Waals surface area contributed by atoms with Gasteiger partial charge in [-0.15, -0.1) is 11.8 Å². The highest BCUT2D eigenvalue weighted by Crippen LogP contribution is 2.32. The summed E-state index contributed by atoms with van der Waals surface area (Å²) in [7, 11) is 0. The van der Waals surface area contributed by atoms with Crippen LogP contribution in [0.2, 0.25) is 0 Å². The number of carbonyl (C=O) groups excluding carboxylic acids is 1. The van der Waals surface area contributed by atoms with Crippen molar-refractivity contribution in [2.75, 3.05) is 12.4 Å². The maximum atomic E-state index is 11.3. The molecule has 96 valence electrons. The van der Waals surface area contributed by atoms with Gasteiger partial charge in [-0.05, 0) is 32.9 Å². The quantitative estimate of drug-likeness (QED) is 0.792. The van der Waals surface area contributed by atoms with Crippen molar-refractivity contribution in [3.8, 4) is 0 Å². The third kappa shape index (κ3) is 4.44. The molecule has 1 aromatic heterocycles. The Labute approximate surface area is 106 Å². The highest BCUT2D eigenvalue weighted by atomic mass is 32.2. The topological polar surface area (TPSA) is 65.5 Å². The molecular formula is C12H19NO3S. The molecule has 2 unspecified atom stereocenters. The molecule has 0 saturated heterocycles. The lowest BCUT2D eigenvalue weighted by Gasteiger charge is -2.17. The smallest absolute Gasteiger partial charge is 0.315 e. The number of nitrogens with two attached hydrogens (primary N) is 1. The molecule has 5 heteroatoms. The molecule has 0 aliphatic heterocycles. The second-order valence-corrected chi connectivity index (χ2v) is 4.97. The Balaban J connectivity index is 2.58. The van der Waals surface area contributed by atoms with Gasteiger partial charge >= 0.3 is 5.97 Å². The van der Waals surface area contributed by atoms with Crippen LogP contribution in [0.1, 0.15) is 30.6 Å². The SMILES string of the molecule is CCOC(=O)CSC(c1ccc(C)o1)C(C)N. The van der Waals surface area contributed by atoms with E-state index in [4.69, 9.17) is 14.9 Å². The molecule has 2 atom stereocenters. The fourth-order valence-corrected chi connectivity index (χ4v) is 2.45. The normalized spacial score (nSPS) is 14.4. The summed E-state index contributed by atoms with van der Waals surface area (Å²) in [4.78, 5) is 11.3. The number of aryl methyl sites for hydroxylation is 1. The Morgan fingerprint density at radius 3 is 2.76 bits per heavy atom. The number of rotatable bonds is 6. The van der Waals surface area contributed by atoms with E-state index < -0.39 is 0 Å². The first-order chi connectivity index (χ1) is 8.04. The van der Waals surface area contributed by atoms with Crippen molar-refractivity contribution >= 4 is 17.7 Å². The number of ether oxygens (including phenoxy) is 1. The van der Waals surface area contributed by atoms with Gasteiger partial charge in [-0.25, -0.2) is 0 Å². The minimum Gasteiger partial charge on any atom is -0.465 e. The standard InChI is InChI=1S/C12H19NO3S/c1-4-15-11(14)7-17-12(9(3)13)10-6-5-8(2)16-10/h5-6,9,12H,4,7,13H2,1-3H3. The molecule has 1 aromatic rings. The molecule has 0 aliphatic rings. The zero-order chi connectivity index (χ0) is 12.8. The number of hydrogen-bond acceptors (Lipinski definition) is 5. The van der Waals surface area contributed by atoms with Crippen LogP contribution in [0.25, 0.3) is 0 Å². The molecule has 1 rings (SSSR count). The molecule has 0 spiro atoms. The predicted molar refractivity (Wildman–Crippen MR) is 68.9 cm³/mol. The number of carbonyl (C=O) groups is 1. The summed E-state index contributed by atoms with van der Waals surface area (Å²) in [5.74, 6) is 1.74. The van der Waals surface area contributed by atoms with Crippen LogP contribution in [0.15, 0.2) is 16.5 Å². The molecule has 4 nitrogen and oxygen atoms in total. The lowest BCUT2D eigenvalue weighted by atomic mass is 10.2. The van der Waals surface area contributed by atoms with Crippen molar-refractivity contribution in [2.45, 2.75) is 32.1 Å². The van der Waals surface area contributed by atoms with E-state index in [1.54, 1.807) is 6.92 Å². The molecule has 0 fully saturated rings. The first kappa shape index (κ1) is 14.1. The van der Waals surface area contributed by atoms with Gasteiger partial charge in [0.1, 0.15) is 11.5 Å². The molecule has 17 heavy (non-hydrogen) atoms. The summed E-state index contributed by atoms with van der Waals surface area (Å²) in [6, 6.07) is 3.72. The van der Waals surface area contributed by atoms with E-state index in [9.17, 15) is 4.79 Å². The van der Waals surface area contributed by atoms with Crippen molar-refractivity contribution in [3.63, 3.8) is 0 Å². The molecule has 0 aromatic carbocycles. The van der Waals surface area contributed by atoms with E-state index in [0.29, 0.717) is 12.4 Å². The molecule has 0 saturated carbocycles. The molecule has 0 aliphatic carbocycles. The Hall–Kier alpha value is -0.940. The van der Waals surface area contributed by atoms with E-state index in [1.165, 1.54) is 11.8 Å². The second kappa shape index (κ2) is 6.71. The van der Waals surface area contributed by atoms with E-state index in [2.05, 4.69) is 0 Å². The van der Waals surface area contributed by atoms with Gasteiger partial charge in [-0.2, -0.15) is 0 Å². The van der Waals surface area contributed by atoms with E-state index in [1.807, 2.05) is 26.0 Å². The van der Waals surface area contributed by atoms with E-state index in [0.717, 1.165) is 11.5 Å². The van der Waals surface area contributed by atoms with Crippen LogP contribution in [0.4, 0.5) is 0 Å². The van der Waals surface area contributed by atoms with Crippen LogP contribution >= 0.6 is 11.8 Å². The summed E-state index contributed by atoms with van der Waals surface area (Å²) in [5, 5.41) is -0.0203. The van der Waals surface area contributed by atoms with Crippen molar-refractivity contribution in [1.29, 1.82) is 0 Å². The summed E-state index contributed by atoms with van der Waals surface area (Å²) in [5.41, 5.74) is 5.91. The highest BCUT2D eigenvalue weighted by Gasteiger charge is 2.21. The minimum absolute atomic E-state index is 0.0203. The monoisotopic (exact) mass is 257 g/mol. The zero-order valence-corrected chi connectivity index (χ0v) is 11.3. The third-order valence-corrected chi connectivity index (χ3v) is 3.63. The summed E-state index contributed by atoms with van der Waals surface area (Å²) < 4.78 is 10.4. The first-order valence-corrected chi connectivity index (χ1v) is 6.68. The lowest BCUT2D eigenvalue weighted by Crippen LogP contribution is -2.23. The average Bonchev–Trinajstić information content (AvgIpc) is 2.65. The predicted octanol–water partition coefficient (Wildman–Crippen LogP) is 2.27. The fraction of sp³-hybridized carbons (Fsp3) is 0.583. The Kier molecular flexibility index (Phi) is 5.58. The van der Waals surface area contributed by atoms with Gasteiger partial charge in [0.15, 0.2) is 0 Å². The number of furan rings is 1. The van der Waals surface area contributed by atoms with Crippen molar-refractivity contribution in [2.24, 2.45) is 5.73 Å². The van der Waals surface area contributed by atoms with E-state index >= 15 is 0 Å². The molecule has 2 N–H and O–H groups in total. The summed E-state index contributed by atoms with van der Waals surface area (Å²) in [6.45, 7) is 5.99. The van der Waals surface area contributed by atoms with Gasteiger partial charge in [-0.3, -0.25) is 4.79 Å². The highest BCUT2D eigenvalue weighted by molar-refractivity contribution is 8.00. The Bertz CT molecular complexity index is 362. The van der Waals surface area contributed by atoms with Crippen LogP contribution in [0.3, 0.4) is 0 Å². The van der Waals surface area contributed by atoms with Crippen molar-refractivity contribution in [1.82, 2.24) is 0 Å². The van der Waals surface area contributed by atoms with Gasteiger partial charge in [-0.1, -0.05) is 0 Å². The Morgan fingerprint density at radius 2 is 2.29 bits per heavy atom. The first-order valence-electron chi connectivity index (χ1n) is 5.63.